The molecule has 2 N–H and O–H groups in total. The molecule has 9 heteroatoms. The van der Waals surface area contributed by atoms with Crippen LogP contribution < -0.4 is 5.32 Å². The van der Waals surface area contributed by atoms with Crippen LogP contribution in [0.3, 0.4) is 0 Å². The van der Waals surface area contributed by atoms with Gasteiger partial charge in [-0.25, -0.2) is 4.79 Å². The number of aromatic amines is 1. The molecule has 0 spiro atoms. The molecular formula is C27H30N6O3. The molecule has 186 valence electrons. The lowest BCUT2D eigenvalue weighted by atomic mass is 10.0. The zero-order valence-electron chi connectivity index (χ0n) is 20.7. The Morgan fingerprint density at radius 2 is 1.86 bits per heavy atom. The normalized spacial score (nSPS) is 15.9. The van der Waals surface area contributed by atoms with Gasteiger partial charge >= 0.3 is 6.03 Å². The van der Waals surface area contributed by atoms with E-state index in [1.807, 2.05) is 50.5 Å². The number of fused-ring (bicyclic) bond motifs is 1. The Morgan fingerprint density at radius 1 is 1.06 bits per heavy atom. The molecule has 9 nitrogen and oxygen atoms in total. The highest BCUT2D eigenvalue weighted by atomic mass is 16.5. The lowest BCUT2D eigenvalue weighted by Gasteiger charge is -2.13. The first-order valence-electron chi connectivity index (χ1n) is 12.1. The monoisotopic (exact) mass is 486 g/mol. The van der Waals surface area contributed by atoms with Crippen LogP contribution >= 0.6 is 0 Å². The average Bonchev–Trinajstić information content (AvgIpc) is 3.53. The third-order valence-electron chi connectivity index (χ3n) is 6.53. The minimum Gasteiger partial charge on any atom is -0.350 e. The van der Waals surface area contributed by atoms with E-state index in [9.17, 15) is 9.59 Å². The Hall–Kier alpha value is -3.98. The molecule has 0 bridgehead atoms. The van der Waals surface area contributed by atoms with Crippen molar-refractivity contribution in [1.82, 2.24) is 30.2 Å². The molecular weight excluding hydrogens is 456 g/mol. The van der Waals surface area contributed by atoms with Crippen LogP contribution in [0.5, 0.6) is 0 Å². The average molecular weight is 487 g/mol. The van der Waals surface area contributed by atoms with Crippen molar-refractivity contribution < 1.29 is 14.1 Å². The molecule has 0 aliphatic carbocycles. The summed E-state index contributed by atoms with van der Waals surface area (Å²) in [7, 11) is 4.09. The SMILES string of the molecule is Cc1noc(-c2[nH]c3ccc(CCC4NC(=O)N(Cc5ccccc5)C4=O)cc3c2CCN(C)C)n1. The van der Waals surface area contributed by atoms with Gasteiger partial charge in [0.25, 0.3) is 11.8 Å². The summed E-state index contributed by atoms with van der Waals surface area (Å²) >= 11 is 0. The number of hydrogen-bond donors (Lipinski definition) is 2. The van der Waals surface area contributed by atoms with Crippen LogP contribution in [0.15, 0.2) is 53.1 Å². The molecule has 2 aromatic carbocycles. The van der Waals surface area contributed by atoms with Crippen LogP contribution in [0.2, 0.25) is 0 Å². The second kappa shape index (κ2) is 9.94. The summed E-state index contributed by atoms with van der Waals surface area (Å²) in [6.45, 7) is 2.96. The number of carbonyl (C=O) groups is 2. The number of imide groups is 1. The van der Waals surface area contributed by atoms with Crippen LogP contribution in [-0.4, -0.2) is 63.5 Å². The fourth-order valence-corrected chi connectivity index (χ4v) is 4.63. The molecule has 1 aliphatic rings. The Kier molecular flexibility index (Phi) is 6.56. The number of benzene rings is 2. The number of carbonyl (C=O) groups excluding carboxylic acids is 2. The Morgan fingerprint density at radius 3 is 2.58 bits per heavy atom. The number of amides is 3. The van der Waals surface area contributed by atoms with Gasteiger partial charge in [0.1, 0.15) is 11.7 Å². The van der Waals surface area contributed by atoms with Crippen molar-refractivity contribution in [2.75, 3.05) is 20.6 Å². The van der Waals surface area contributed by atoms with Gasteiger partial charge in [0, 0.05) is 17.4 Å². The summed E-state index contributed by atoms with van der Waals surface area (Å²) in [5.41, 5.74) is 5.00. The quantitative estimate of drug-likeness (QED) is 0.350. The number of nitrogens with one attached hydrogen (secondary N) is 2. The fraction of sp³-hybridized carbons (Fsp3) is 0.333. The molecule has 1 atom stereocenters. The molecule has 36 heavy (non-hydrogen) atoms. The van der Waals surface area contributed by atoms with Crippen molar-refractivity contribution >= 4 is 22.8 Å². The first-order chi connectivity index (χ1) is 17.4. The van der Waals surface area contributed by atoms with E-state index < -0.39 is 6.04 Å². The number of H-pyrrole nitrogens is 1. The van der Waals surface area contributed by atoms with Gasteiger partial charge in [0.15, 0.2) is 5.82 Å². The Labute approximate surface area is 209 Å². The molecule has 3 heterocycles. The largest absolute Gasteiger partial charge is 0.350 e. The van der Waals surface area contributed by atoms with E-state index in [2.05, 4.69) is 37.5 Å². The van der Waals surface area contributed by atoms with E-state index in [1.54, 1.807) is 6.92 Å². The van der Waals surface area contributed by atoms with Crippen molar-refractivity contribution in [3.63, 3.8) is 0 Å². The summed E-state index contributed by atoms with van der Waals surface area (Å²) in [6, 6.07) is 15.0. The minimum absolute atomic E-state index is 0.174. The van der Waals surface area contributed by atoms with E-state index in [0.717, 1.165) is 46.3 Å². The van der Waals surface area contributed by atoms with Gasteiger partial charge < -0.3 is 19.7 Å². The molecule has 4 aromatic rings. The molecule has 2 aromatic heterocycles. The number of likely N-dealkylation sites (N-methyl/N-ethyl adjacent to an activating group) is 1. The Bertz CT molecular complexity index is 1390. The predicted octanol–water partition coefficient (Wildman–Crippen LogP) is 3.68. The van der Waals surface area contributed by atoms with Crippen molar-refractivity contribution in [2.45, 2.75) is 38.8 Å². The third kappa shape index (κ3) is 4.87. The number of hydrogen-bond acceptors (Lipinski definition) is 6. The van der Waals surface area contributed by atoms with E-state index in [0.29, 0.717) is 24.6 Å². The van der Waals surface area contributed by atoms with Gasteiger partial charge in [-0.2, -0.15) is 4.98 Å². The van der Waals surface area contributed by atoms with Gasteiger partial charge in [0.05, 0.1) is 6.54 Å². The van der Waals surface area contributed by atoms with Crippen LogP contribution in [-0.2, 0) is 24.2 Å². The van der Waals surface area contributed by atoms with Crippen molar-refractivity contribution in [1.29, 1.82) is 0 Å². The second-order valence-electron chi connectivity index (χ2n) is 9.51. The van der Waals surface area contributed by atoms with Crippen LogP contribution in [0, 0.1) is 6.92 Å². The number of nitrogens with zero attached hydrogens (tertiary/aromatic N) is 4. The first kappa shape index (κ1) is 23.7. The molecule has 0 saturated carbocycles. The van der Waals surface area contributed by atoms with Gasteiger partial charge in [-0.05, 0) is 69.1 Å². The van der Waals surface area contributed by atoms with E-state index in [1.165, 1.54) is 4.90 Å². The first-order valence-corrected chi connectivity index (χ1v) is 12.1. The number of rotatable bonds is 9. The van der Waals surface area contributed by atoms with Crippen molar-refractivity contribution in [3.8, 4) is 11.6 Å². The minimum atomic E-state index is -0.520. The van der Waals surface area contributed by atoms with Gasteiger partial charge in [-0.15, -0.1) is 0 Å². The van der Waals surface area contributed by atoms with Crippen molar-refractivity contribution in [2.24, 2.45) is 0 Å². The summed E-state index contributed by atoms with van der Waals surface area (Å²) in [6.07, 6.45) is 2.02. The smallest absolute Gasteiger partial charge is 0.325 e. The number of aromatic nitrogens is 3. The standard InChI is InChI=1S/C27H30N6O3/c1-17-28-25(36-31-17)24-20(13-14-32(2)3)21-15-18(9-11-22(21)29-24)10-12-23-26(34)33(27(35)30-23)16-19-7-5-4-6-8-19/h4-9,11,15,23,29H,10,12-14,16H2,1-3H3,(H,30,35). The molecule has 5 rings (SSSR count). The molecule has 0 radical (unpaired) electrons. The molecule has 1 fully saturated rings. The second-order valence-corrected chi connectivity index (χ2v) is 9.51. The van der Waals surface area contributed by atoms with E-state index >= 15 is 0 Å². The van der Waals surface area contributed by atoms with Gasteiger partial charge in [0.2, 0.25) is 0 Å². The Balaban J connectivity index is 1.34. The highest BCUT2D eigenvalue weighted by Crippen LogP contribution is 2.31. The maximum Gasteiger partial charge on any atom is 0.325 e. The lowest BCUT2D eigenvalue weighted by Crippen LogP contribution is -2.31. The topological polar surface area (TPSA) is 107 Å². The van der Waals surface area contributed by atoms with Crippen molar-refractivity contribution in [3.05, 3.63) is 71.0 Å². The number of urea groups is 1. The van der Waals surface area contributed by atoms with Gasteiger partial charge in [-0.3, -0.25) is 9.69 Å². The fourth-order valence-electron chi connectivity index (χ4n) is 4.63. The summed E-state index contributed by atoms with van der Waals surface area (Å²) in [4.78, 5) is 36.7. The maximum atomic E-state index is 12.9. The summed E-state index contributed by atoms with van der Waals surface area (Å²) < 4.78 is 5.46. The third-order valence-corrected chi connectivity index (χ3v) is 6.53. The zero-order chi connectivity index (χ0) is 25.2. The summed E-state index contributed by atoms with van der Waals surface area (Å²) in [5.74, 6) is 0.900. The van der Waals surface area contributed by atoms with E-state index in [4.69, 9.17) is 4.52 Å². The highest BCUT2D eigenvalue weighted by molar-refractivity contribution is 6.04. The highest BCUT2D eigenvalue weighted by Gasteiger charge is 2.37. The van der Waals surface area contributed by atoms with E-state index in [-0.39, 0.29) is 18.5 Å². The summed E-state index contributed by atoms with van der Waals surface area (Å²) in [5, 5.41) is 7.91. The zero-order valence-corrected chi connectivity index (χ0v) is 20.7. The van der Waals surface area contributed by atoms with Gasteiger partial charge in [-0.1, -0.05) is 41.6 Å². The van der Waals surface area contributed by atoms with Crippen LogP contribution in [0.4, 0.5) is 4.79 Å². The predicted molar refractivity (Wildman–Crippen MR) is 136 cm³/mol. The number of aryl methyl sites for hydroxylation is 2. The van der Waals surface area contributed by atoms with Crippen LogP contribution in [0.1, 0.15) is 28.9 Å². The molecule has 3 amide bonds. The lowest BCUT2D eigenvalue weighted by molar-refractivity contribution is -0.128. The molecule has 1 aliphatic heterocycles. The maximum absolute atomic E-state index is 12.9. The molecule has 1 unspecified atom stereocenters. The molecule has 1 saturated heterocycles. The van der Waals surface area contributed by atoms with Crippen LogP contribution in [0.25, 0.3) is 22.5 Å².